The summed E-state index contributed by atoms with van der Waals surface area (Å²) >= 11 is 1.58. The number of carbonyl (C=O) groups excluding carboxylic acids is 1. The van der Waals surface area contributed by atoms with Crippen molar-refractivity contribution in [1.82, 2.24) is 4.90 Å². The van der Waals surface area contributed by atoms with Gasteiger partial charge in [0.25, 0.3) is 5.91 Å². The van der Waals surface area contributed by atoms with E-state index in [0.717, 1.165) is 10.5 Å². The first-order chi connectivity index (χ1) is 11.2. The van der Waals surface area contributed by atoms with Crippen molar-refractivity contribution < 1.29 is 14.3 Å². The van der Waals surface area contributed by atoms with Gasteiger partial charge in [-0.05, 0) is 24.3 Å². The maximum absolute atomic E-state index is 12.7. The molecule has 1 aliphatic heterocycles. The van der Waals surface area contributed by atoms with Crippen LogP contribution in [0.1, 0.15) is 15.9 Å². The third kappa shape index (κ3) is 2.80. The summed E-state index contributed by atoms with van der Waals surface area (Å²) in [4.78, 5) is 15.4. The van der Waals surface area contributed by atoms with Gasteiger partial charge < -0.3 is 9.47 Å². The van der Waals surface area contributed by atoms with Crippen molar-refractivity contribution in [3.63, 3.8) is 0 Å². The van der Waals surface area contributed by atoms with E-state index in [4.69, 9.17) is 9.47 Å². The molecule has 0 saturated heterocycles. The second kappa shape index (κ2) is 6.38. The van der Waals surface area contributed by atoms with Gasteiger partial charge in [0.15, 0.2) is 11.5 Å². The maximum Gasteiger partial charge on any atom is 0.259 e. The highest BCUT2D eigenvalue weighted by Gasteiger charge is 2.27. The minimum absolute atomic E-state index is 0.0523. The first-order valence-corrected chi connectivity index (χ1v) is 8.09. The Morgan fingerprint density at radius 3 is 2.43 bits per heavy atom. The highest BCUT2D eigenvalue weighted by atomic mass is 32.2. The number of methoxy groups -OCH3 is 2. The Morgan fingerprint density at radius 2 is 1.78 bits per heavy atom. The lowest BCUT2D eigenvalue weighted by Crippen LogP contribution is -2.31. The zero-order valence-corrected chi connectivity index (χ0v) is 13.9. The fourth-order valence-electron chi connectivity index (χ4n) is 2.48. The fourth-order valence-corrected chi connectivity index (χ4v) is 3.54. The van der Waals surface area contributed by atoms with Gasteiger partial charge in [-0.1, -0.05) is 24.8 Å². The normalized spacial score (nSPS) is 13.5. The quantitative estimate of drug-likeness (QED) is 0.857. The molecule has 4 nitrogen and oxygen atoms in total. The number of amides is 1. The summed E-state index contributed by atoms with van der Waals surface area (Å²) in [5.41, 5.74) is 2.22. The van der Waals surface area contributed by atoms with E-state index in [-0.39, 0.29) is 5.91 Å². The van der Waals surface area contributed by atoms with Crippen LogP contribution in [0, 0.1) is 0 Å². The van der Waals surface area contributed by atoms with Gasteiger partial charge in [-0.3, -0.25) is 9.69 Å². The summed E-state index contributed by atoms with van der Waals surface area (Å²) in [6.45, 7) is 4.11. The molecule has 0 unspecified atom stereocenters. The number of benzene rings is 2. The molecule has 0 aliphatic carbocycles. The Balaban J connectivity index is 1.96. The number of carbonyl (C=O) groups is 1. The molecule has 0 saturated carbocycles. The fraction of sp³-hybridized carbons (Fsp3) is 0.167. The van der Waals surface area contributed by atoms with Crippen LogP contribution in [0.15, 0.2) is 53.9 Å². The number of fused-ring (bicyclic) bond motifs is 1. The van der Waals surface area contributed by atoms with E-state index in [1.165, 1.54) is 0 Å². The van der Waals surface area contributed by atoms with Crippen molar-refractivity contribution in [1.29, 1.82) is 0 Å². The Kier molecular flexibility index (Phi) is 4.30. The standard InChI is InChI=1S/C18H17NO3S/c1-12-14-9-15(21-2)16(22-3)10-17(14)23-11-19(12)18(20)13-7-5-4-6-8-13/h4-10H,1,11H2,2-3H3. The van der Waals surface area contributed by atoms with Gasteiger partial charge in [0.1, 0.15) is 0 Å². The van der Waals surface area contributed by atoms with Gasteiger partial charge in [-0.2, -0.15) is 0 Å². The number of hydrogen-bond acceptors (Lipinski definition) is 4. The molecule has 2 aromatic carbocycles. The van der Waals surface area contributed by atoms with Crippen LogP contribution in [0.25, 0.3) is 5.70 Å². The van der Waals surface area contributed by atoms with E-state index in [9.17, 15) is 4.79 Å². The minimum Gasteiger partial charge on any atom is -0.493 e. The number of rotatable bonds is 3. The van der Waals surface area contributed by atoms with Crippen molar-refractivity contribution >= 4 is 23.4 Å². The molecule has 0 aromatic heterocycles. The number of thioether (sulfide) groups is 1. The third-order valence-corrected chi connectivity index (χ3v) is 4.77. The van der Waals surface area contributed by atoms with Crippen molar-refractivity contribution in [2.24, 2.45) is 0 Å². The number of ether oxygens (including phenoxy) is 2. The van der Waals surface area contributed by atoms with Crippen molar-refractivity contribution in [2.75, 3.05) is 20.1 Å². The van der Waals surface area contributed by atoms with Gasteiger partial charge in [0.05, 0.1) is 20.1 Å². The SMILES string of the molecule is C=C1c2cc(OC)c(OC)cc2SCN1C(=O)c1ccccc1. The summed E-state index contributed by atoms with van der Waals surface area (Å²) in [6, 6.07) is 13.0. The molecular weight excluding hydrogens is 310 g/mol. The Morgan fingerprint density at radius 1 is 1.13 bits per heavy atom. The summed E-state index contributed by atoms with van der Waals surface area (Å²) in [7, 11) is 3.20. The van der Waals surface area contributed by atoms with E-state index in [0.29, 0.717) is 28.6 Å². The molecule has 118 valence electrons. The first-order valence-electron chi connectivity index (χ1n) is 7.10. The Hall–Kier alpha value is -2.40. The summed E-state index contributed by atoms with van der Waals surface area (Å²) < 4.78 is 10.7. The zero-order chi connectivity index (χ0) is 16.4. The summed E-state index contributed by atoms with van der Waals surface area (Å²) in [5.74, 6) is 1.77. The zero-order valence-electron chi connectivity index (χ0n) is 13.0. The van der Waals surface area contributed by atoms with Crippen LogP contribution in [-0.4, -0.2) is 30.9 Å². The number of nitrogens with zero attached hydrogens (tertiary/aromatic N) is 1. The summed E-state index contributed by atoms with van der Waals surface area (Å²) in [6.07, 6.45) is 0. The molecule has 0 radical (unpaired) electrons. The molecule has 0 N–H and O–H groups in total. The maximum atomic E-state index is 12.7. The van der Waals surface area contributed by atoms with Gasteiger partial charge in [0, 0.05) is 21.7 Å². The predicted octanol–water partition coefficient (Wildman–Crippen LogP) is 3.88. The molecule has 0 atom stereocenters. The lowest BCUT2D eigenvalue weighted by molar-refractivity contribution is 0.0854. The molecule has 1 aliphatic rings. The molecule has 23 heavy (non-hydrogen) atoms. The largest absolute Gasteiger partial charge is 0.493 e. The smallest absolute Gasteiger partial charge is 0.259 e. The van der Waals surface area contributed by atoms with Crippen LogP contribution >= 0.6 is 11.8 Å². The molecule has 5 heteroatoms. The van der Waals surface area contributed by atoms with Crippen molar-refractivity contribution in [2.45, 2.75) is 4.90 Å². The first kappa shape index (κ1) is 15.5. The van der Waals surface area contributed by atoms with E-state index in [2.05, 4.69) is 6.58 Å². The number of hydrogen-bond donors (Lipinski definition) is 0. The Labute approximate surface area is 139 Å². The van der Waals surface area contributed by atoms with Crippen LogP contribution in [0.3, 0.4) is 0 Å². The van der Waals surface area contributed by atoms with Gasteiger partial charge >= 0.3 is 0 Å². The van der Waals surface area contributed by atoms with Crippen LogP contribution < -0.4 is 9.47 Å². The molecule has 0 bridgehead atoms. The molecule has 3 rings (SSSR count). The molecular formula is C18H17NO3S. The molecule has 1 heterocycles. The average molecular weight is 327 g/mol. The van der Waals surface area contributed by atoms with Crippen molar-refractivity contribution in [3.8, 4) is 11.5 Å². The Bertz CT molecular complexity index is 758. The third-order valence-electron chi connectivity index (χ3n) is 3.74. The van der Waals surface area contributed by atoms with E-state index >= 15 is 0 Å². The molecule has 2 aromatic rings. The topological polar surface area (TPSA) is 38.8 Å². The second-order valence-corrected chi connectivity index (χ2v) is 6.01. The van der Waals surface area contributed by atoms with Crippen molar-refractivity contribution in [3.05, 3.63) is 60.2 Å². The molecule has 0 spiro atoms. The van der Waals surface area contributed by atoms with E-state index in [1.54, 1.807) is 30.9 Å². The van der Waals surface area contributed by atoms with Crippen LogP contribution in [0.5, 0.6) is 11.5 Å². The van der Waals surface area contributed by atoms with Gasteiger partial charge in [-0.25, -0.2) is 0 Å². The highest BCUT2D eigenvalue weighted by Crippen LogP contribution is 2.43. The summed E-state index contributed by atoms with van der Waals surface area (Å²) in [5, 5.41) is 0. The average Bonchev–Trinajstić information content (AvgIpc) is 2.61. The van der Waals surface area contributed by atoms with Crippen LogP contribution in [0.2, 0.25) is 0 Å². The highest BCUT2D eigenvalue weighted by molar-refractivity contribution is 7.99. The molecule has 0 fully saturated rings. The van der Waals surface area contributed by atoms with Gasteiger partial charge in [-0.15, -0.1) is 11.8 Å². The minimum atomic E-state index is -0.0523. The van der Waals surface area contributed by atoms with Crippen LogP contribution in [-0.2, 0) is 0 Å². The van der Waals surface area contributed by atoms with Crippen LogP contribution in [0.4, 0.5) is 0 Å². The lowest BCUT2D eigenvalue weighted by Gasteiger charge is -2.31. The van der Waals surface area contributed by atoms with E-state index < -0.39 is 0 Å². The van der Waals surface area contributed by atoms with Gasteiger partial charge in [0.2, 0.25) is 0 Å². The molecule has 1 amide bonds. The van der Waals surface area contributed by atoms with E-state index in [1.807, 2.05) is 42.5 Å². The lowest BCUT2D eigenvalue weighted by atomic mass is 10.1. The second-order valence-electron chi connectivity index (χ2n) is 5.02. The predicted molar refractivity (Wildman–Crippen MR) is 91.9 cm³/mol. The monoisotopic (exact) mass is 327 g/mol.